The van der Waals surface area contributed by atoms with Gasteiger partial charge in [0.2, 0.25) is 0 Å². The Morgan fingerprint density at radius 1 is 1.57 bits per heavy atom. The van der Waals surface area contributed by atoms with E-state index in [1.807, 2.05) is 6.07 Å². The van der Waals surface area contributed by atoms with Crippen LogP contribution in [0.3, 0.4) is 0 Å². The van der Waals surface area contributed by atoms with Gasteiger partial charge >= 0.3 is 0 Å². The molecule has 1 aliphatic rings. The summed E-state index contributed by atoms with van der Waals surface area (Å²) in [5.41, 5.74) is 1.03. The summed E-state index contributed by atoms with van der Waals surface area (Å²) in [5.74, 6) is 0.233. The van der Waals surface area contributed by atoms with Crippen LogP contribution in [0.4, 0.5) is 0 Å². The average Bonchev–Trinajstić information content (AvgIpc) is 2.93. The Hall–Kier alpha value is -1.09. The lowest BCUT2D eigenvalue weighted by atomic mass is 10.1. The maximum absolute atomic E-state index is 9.07. The van der Waals surface area contributed by atoms with Gasteiger partial charge in [0, 0.05) is 24.2 Å². The zero-order valence-corrected chi connectivity index (χ0v) is 8.40. The first kappa shape index (κ1) is 9.46. The fraction of sp³-hybridized carbons (Fsp3) is 0.545. The molecule has 14 heavy (non-hydrogen) atoms. The highest BCUT2D eigenvalue weighted by atomic mass is 16.3. The van der Waals surface area contributed by atoms with E-state index < -0.39 is 0 Å². The molecule has 0 aliphatic heterocycles. The van der Waals surface area contributed by atoms with Gasteiger partial charge in [-0.2, -0.15) is 0 Å². The van der Waals surface area contributed by atoms with Crippen LogP contribution >= 0.6 is 0 Å². The third-order valence-corrected chi connectivity index (χ3v) is 2.42. The molecular formula is C11H16N2O. The lowest BCUT2D eigenvalue weighted by molar-refractivity contribution is 0.471. The van der Waals surface area contributed by atoms with Gasteiger partial charge in [-0.05, 0) is 31.9 Å². The summed E-state index contributed by atoms with van der Waals surface area (Å²) in [6.45, 7) is 2.17. The van der Waals surface area contributed by atoms with Gasteiger partial charge in [-0.25, -0.2) is 0 Å². The average molecular weight is 192 g/mol. The molecule has 3 heteroatoms. The predicted molar refractivity (Wildman–Crippen MR) is 55.2 cm³/mol. The van der Waals surface area contributed by atoms with Crippen LogP contribution in [0.15, 0.2) is 18.3 Å². The lowest BCUT2D eigenvalue weighted by Crippen LogP contribution is -2.30. The van der Waals surface area contributed by atoms with Gasteiger partial charge in [0.25, 0.3) is 0 Å². The molecule has 1 aromatic rings. The lowest BCUT2D eigenvalue weighted by Gasteiger charge is -2.12. The third kappa shape index (κ3) is 2.70. The molecule has 1 aromatic heterocycles. The van der Waals surface area contributed by atoms with E-state index in [1.165, 1.54) is 19.0 Å². The Bertz CT molecular complexity index is 293. The maximum Gasteiger partial charge on any atom is 0.133 e. The first-order valence-electron chi connectivity index (χ1n) is 5.14. The Kier molecular flexibility index (Phi) is 2.68. The summed E-state index contributed by atoms with van der Waals surface area (Å²) < 4.78 is 0. The summed E-state index contributed by atoms with van der Waals surface area (Å²) in [5, 5.41) is 12.6. The van der Waals surface area contributed by atoms with Gasteiger partial charge in [-0.1, -0.05) is 0 Å². The standard InChI is InChI=1S/C11H16N2O/c1-8(13-9-2-3-9)6-10-4-5-11(14)7-12-10/h4-5,7-9,13-14H,2-3,6H2,1H3. The van der Waals surface area contributed by atoms with Crippen LogP contribution in [0.2, 0.25) is 0 Å². The molecule has 0 amide bonds. The summed E-state index contributed by atoms with van der Waals surface area (Å²) in [4.78, 5) is 4.16. The molecule has 3 nitrogen and oxygen atoms in total. The van der Waals surface area contributed by atoms with E-state index in [0.717, 1.165) is 18.2 Å². The topological polar surface area (TPSA) is 45.2 Å². The maximum atomic E-state index is 9.07. The van der Waals surface area contributed by atoms with Gasteiger partial charge in [0.15, 0.2) is 0 Å². The molecule has 1 saturated carbocycles. The van der Waals surface area contributed by atoms with Crippen molar-refractivity contribution in [2.24, 2.45) is 0 Å². The Morgan fingerprint density at radius 3 is 2.93 bits per heavy atom. The van der Waals surface area contributed by atoms with Crippen LogP contribution in [-0.2, 0) is 6.42 Å². The van der Waals surface area contributed by atoms with E-state index in [0.29, 0.717) is 6.04 Å². The molecule has 0 spiro atoms. The van der Waals surface area contributed by atoms with E-state index in [9.17, 15) is 0 Å². The van der Waals surface area contributed by atoms with E-state index in [1.54, 1.807) is 6.07 Å². The Labute approximate surface area is 84.2 Å². The molecule has 1 fully saturated rings. The molecular weight excluding hydrogens is 176 g/mol. The van der Waals surface area contributed by atoms with Gasteiger partial charge in [0.05, 0.1) is 6.20 Å². The first-order chi connectivity index (χ1) is 6.74. The molecule has 76 valence electrons. The summed E-state index contributed by atoms with van der Waals surface area (Å²) in [6, 6.07) is 4.77. The van der Waals surface area contributed by atoms with Crippen LogP contribution in [0.25, 0.3) is 0 Å². The van der Waals surface area contributed by atoms with Gasteiger partial charge in [-0.15, -0.1) is 0 Å². The zero-order chi connectivity index (χ0) is 9.97. The second-order valence-corrected chi connectivity index (χ2v) is 4.05. The Balaban J connectivity index is 1.85. The van der Waals surface area contributed by atoms with Crippen LogP contribution in [-0.4, -0.2) is 22.2 Å². The fourth-order valence-corrected chi connectivity index (χ4v) is 1.56. The monoisotopic (exact) mass is 192 g/mol. The first-order valence-corrected chi connectivity index (χ1v) is 5.14. The second kappa shape index (κ2) is 3.96. The highest BCUT2D eigenvalue weighted by molar-refractivity contribution is 5.18. The minimum atomic E-state index is 0.233. The molecule has 1 aliphatic carbocycles. The van der Waals surface area contributed by atoms with E-state index in [-0.39, 0.29) is 5.75 Å². The second-order valence-electron chi connectivity index (χ2n) is 4.05. The Morgan fingerprint density at radius 2 is 2.36 bits per heavy atom. The molecule has 0 aromatic carbocycles. The zero-order valence-electron chi connectivity index (χ0n) is 8.40. The minimum absolute atomic E-state index is 0.233. The summed E-state index contributed by atoms with van der Waals surface area (Å²) in [7, 11) is 0. The van der Waals surface area contributed by atoms with Crippen molar-refractivity contribution in [2.75, 3.05) is 0 Å². The smallest absolute Gasteiger partial charge is 0.133 e. The molecule has 0 saturated heterocycles. The van der Waals surface area contributed by atoms with Crippen LogP contribution < -0.4 is 5.32 Å². The molecule has 1 heterocycles. The van der Waals surface area contributed by atoms with Crippen molar-refractivity contribution in [3.05, 3.63) is 24.0 Å². The van der Waals surface area contributed by atoms with Gasteiger partial charge in [-0.3, -0.25) is 4.98 Å². The molecule has 1 unspecified atom stereocenters. The summed E-state index contributed by atoms with van der Waals surface area (Å²) in [6.07, 6.45) is 5.05. The van der Waals surface area contributed by atoms with E-state index in [2.05, 4.69) is 17.2 Å². The van der Waals surface area contributed by atoms with Crippen LogP contribution in [0.5, 0.6) is 5.75 Å². The van der Waals surface area contributed by atoms with Gasteiger partial charge in [0.1, 0.15) is 5.75 Å². The highest BCUT2D eigenvalue weighted by Gasteiger charge is 2.22. The van der Waals surface area contributed by atoms with Gasteiger partial charge < -0.3 is 10.4 Å². The highest BCUT2D eigenvalue weighted by Crippen LogP contribution is 2.20. The van der Waals surface area contributed by atoms with Crippen LogP contribution in [0, 0.1) is 0 Å². The van der Waals surface area contributed by atoms with Crippen molar-refractivity contribution >= 4 is 0 Å². The normalized spacial score (nSPS) is 18.1. The van der Waals surface area contributed by atoms with Crippen molar-refractivity contribution < 1.29 is 5.11 Å². The molecule has 0 bridgehead atoms. The van der Waals surface area contributed by atoms with Crippen molar-refractivity contribution in [3.63, 3.8) is 0 Å². The number of nitrogens with one attached hydrogen (secondary N) is 1. The largest absolute Gasteiger partial charge is 0.506 e. The molecule has 0 radical (unpaired) electrons. The van der Waals surface area contributed by atoms with Crippen LogP contribution in [0.1, 0.15) is 25.5 Å². The van der Waals surface area contributed by atoms with Crippen molar-refractivity contribution in [3.8, 4) is 5.75 Å². The quantitative estimate of drug-likeness (QED) is 0.759. The number of hydrogen-bond donors (Lipinski definition) is 2. The number of hydrogen-bond acceptors (Lipinski definition) is 3. The van der Waals surface area contributed by atoms with Crippen molar-refractivity contribution in [2.45, 2.75) is 38.3 Å². The number of nitrogens with zero attached hydrogens (tertiary/aromatic N) is 1. The molecule has 2 N–H and O–H groups in total. The minimum Gasteiger partial charge on any atom is -0.506 e. The number of rotatable bonds is 4. The number of aromatic nitrogens is 1. The number of pyridine rings is 1. The fourth-order valence-electron chi connectivity index (χ4n) is 1.56. The van der Waals surface area contributed by atoms with Crippen molar-refractivity contribution in [1.29, 1.82) is 0 Å². The van der Waals surface area contributed by atoms with Crippen molar-refractivity contribution in [1.82, 2.24) is 10.3 Å². The molecule has 1 atom stereocenters. The van der Waals surface area contributed by atoms with E-state index in [4.69, 9.17) is 5.11 Å². The summed E-state index contributed by atoms with van der Waals surface area (Å²) >= 11 is 0. The number of aromatic hydroxyl groups is 1. The van der Waals surface area contributed by atoms with E-state index >= 15 is 0 Å². The molecule has 2 rings (SSSR count). The third-order valence-electron chi connectivity index (χ3n) is 2.42. The predicted octanol–water partition coefficient (Wildman–Crippen LogP) is 1.47. The SMILES string of the molecule is CC(Cc1ccc(O)cn1)NC1CC1.